The van der Waals surface area contributed by atoms with E-state index in [0.29, 0.717) is 12.2 Å². The van der Waals surface area contributed by atoms with Crippen molar-refractivity contribution in [3.63, 3.8) is 0 Å². The number of hydrogen-bond acceptors (Lipinski definition) is 9. The molecule has 4 atom stereocenters. The van der Waals surface area contributed by atoms with Crippen LogP contribution < -0.4 is 38.9 Å². The van der Waals surface area contributed by atoms with E-state index in [2.05, 4.69) is 20.9 Å². The zero-order valence-electron chi connectivity index (χ0n) is 18.9. The molecule has 0 aromatic carbocycles. The number of primary amides is 1. The Hall–Kier alpha value is -3.11. The highest BCUT2D eigenvalue weighted by Crippen LogP contribution is 2.03. The van der Waals surface area contributed by atoms with Crippen molar-refractivity contribution < 1.29 is 34.2 Å². The average molecular weight is 507 g/mol. The average Bonchev–Trinajstić information content (AvgIpc) is 2.76. The van der Waals surface area contributed by atoms with Crippen LogP contribution in [-0.2, 0) is 24.0 Å². The minimum atomic E-state index is -1.55. The van der Waals surface area contributed by atoms with Crippen LogP contribution in [0.1, 0.15) is 25.7 Å². The Morgan fingerprint density at radius 2 is 1.47 bits per heavy atom. The maximum Gasteiger partial charge on any atom is 0.326 e. The van der Waals surface area contributed by atoms with E-state index < -0.39 is 66.8 Å². The molecule has 0 aromatic rings. The number of aliphatic hydroxyl groups excluding tert-OH is 1. The van der Waals surface area contributed by atoms with Gasteiger partial charge in [0, 0.05) is 6.54 Å². The maximum absolute atomic E-state index is 12.6. The summed E-state index contributed by atoms with van der Waals surface area (Å²) in [4.78, 5) is 63.8. The number of carboxylic acids is 1. The number of carboxylic acid groups (broad SMARTS) is 1. The summed E-state index contributed by atoms with van der Waals surface area (Å²) >= 11 is 1.47. The van der Waals surface area contributed by atoms with E-state index >= 15 is 0 Å². The predicted octanol–water partition coefficient (Wildman–Crippen LogP) is -4.47. The lowest BCUT2D eigenvalue weighted by Gasteiger charge is -2.23. The highest BCUT2D eigenvalue weighted by Gasteiger charge is 2.30. The quantitative estimate of drug-likeness (QED) is 0.0515. The number of aliphatic hydroxyl groups is 1. The second-order valence-corrected chi connectivity index (χ2v) is 8.20. The zero-order valence-corrected chi connectivity index (χ0v) is 19.7. The fourth-order valence-corrected chi connectivity index (χ4v) is 3.05. The number of nitrogens with one attached hydrogen (secondary N) is 3. The van der Waals surface area contributed by atoms with Crippen LogP contribution in [0, 0.1) is 0 Å². The number of thioether (sulfide) groups is 1. The zero-order chi connectivity index (χ0) is 26.3. The summed E-state index contributed by atoms with van der Waals surface area (Å²) in [5.41, 5.74) is 21.3. The van der Waals surface area contributed by atoms with E-state index in [4.69, 9.17) is 22.9 Å². The normalized spacial score (nSPS) is 14.1. The number of nitrogens with two attached hydrogens (primary N) is 4. The summed E-state index contributed by atoms with van der Waals surface area (Å²) in [6, 6.07) is -5.31. The molecule has 0 bridgehead atoms. The van der Waals surface area contributed by atoms with Crippen LogP contribution in [0.15, 0.2) is 4.99 Å². The minimum Gasteiger partial charge on any atom is -0.480 e. The molecule has 0 saturated carbocycles. The first kappa shape index (κ1) is 30.9. The van der Waals surface area contributed by atoms with Crippen LogP contribution in [0.3, 0.4) is 0 Å². The Kier molecular flexibility index (Phi) is 15.0. The van der Waals surface area contributed by atoms with Gasteiger partial charge in [-0.15, -0.1) is 0 Å². The molecular formula is C18H34N8O7S. The third kappa shape index (κ3) is 12.8. The number of guanidine groups is 1. The largest absolute Gasteiger partial charge is 0.480 e. The lowest BCUT2D eigenvalue weighted by molar-refractivity contribution is -0.142. The molecule has 15 nitrogen and oxygen atoms in total. The molecule has 16 heteroatoms. The lowest BCUT2D eigenvalue weighted by atomic mass is 10.1. The Balaban J connectivity index is 5.22. The minimum absolute atomic E-state index is 0.0433. The number of aliphatic carboxylic acids is 1. The van der Waals surface area contributed by atoms with Gasteiger partial charge in [0.25, 0.3) is 0 Å². The van der Waals surface area contributed by atoms with Gasteiger partial charge in [-0.1, -0.05) is 0 Å². The summed E-state index contributed by atoms with van der Waals surface area (Å²) in [5.74, 6) is -4.57. The number of aliphatic imine (C=N–C) groups is 1. The van der Waals surface area contributed by atoms with Gasteiger partial charge in [-0.25, -0.2) is 4.79 Å². The standard InChI is InChI=1S/C18H34N8O7S/c1-34-6-4-9(19)14(29)26-12(8-27)16(31)25-11(7-13(20)28)15(30)24-10(17(32)33)3-2-5-23-18(21)22/h9-12,27H,2-8,19H2,1H3,(H2,20,28)(H,24,30)(H,25,31)(H,26,29)(H,32,33)(H4,21,22,23). The van der Waals surface area contributed by atoms with Crippen molar-refractivity contribution in [2.75, 3.05) is 25.2 Å². The molecule has 0 heterocycles. The number of carbonyl (C=O) groups excluding carboxylic acids is 4. The van der Waals surface area contributed by atoms with Crippen molar-refractivity contribution >= 4 is 47.3 Å². The maximum atomic E-state index is 12.6. The Morgan fingerprint density at radius 1 is 0.912 bits per heavy atom. The summed E-state index contributed by atoms with van der Waals surface area (Å²) in [7, 11) is 0. The molecule has 0 aromatic heterocycles. The number of nitrogens with zero attached hydrogens (tertiary/aromatic N) is 1. The summed E-state index contributed by atoms with van der Waals surface area (Å²) in [5, 5.41) is 25.5. The van der Waals surface area contributed by atoms with Crippen molar-refractivity contribution in [2.24, 2.45) is 27.9 Å². The first-order valence-electron chi connectivity index (χ1n) is 10.3. The lowest BCUT2D eigenvalue weighted by Crippen LogP contribution is -2.58. The molecule has 34 heavy (non-hydrogen) atoms. The molecule has 0 aliphatic heterocycles. The van der Waals surface area contributed by atoms with Gasteiger partial charge in [0.05, 0.1) is 19.1 Å². The van der Waals surface area contributed by atoms with Gasteiger partial charge < -0.3 is 49.1 Å². The fraction of sp³-hybridized carbons (Fsp3) is 0.667. The Morgan fingerprint density at radius 3 is 1.97 bits per heavy atom. The van der Waals surface area contributed by atoms with E-state index in [0.717, 1.165) is 0 Å². The van der Waals surface area contributed by atoms with Crippen LogP contribution in [0.4, 0.5) is 0 Å². The molecule has 13 N–H and O–H groups in total. The molecule has 0 radical (unpaired) electrons. The van der Waals surface area contributed by atoms with Crippen molar-refractivity contribution in [1.82, 2.24) is 16.0 Å². The molecule has 0 aliphatic carbocycles. The Labute approximate surface area is 200 Å². The molecule has 0 rings (SSSR count). The van der Waals surface area contributed by atoms with Crippen LogP contribution >= 0.6 is 11.8 Å². The van der Waals surface area contributed by atoms with Gasteiger partial charge in [-0.2, -0.15) is 11.8 Å². The molecule has 4 amide bonds. The number of rotatable bonds is 17. The van der Waals surface area contributed by atoms with Crippen molar-refractivity contribution in [3.8, 4) is 0 Å². The molecular weight excluding hydrogens is 472 g/mol. The second kappa shape index (κ2) is 16.5. The highest BCUT2D eigenvalue weighted by molar-refractivity contribution is 7.98. The highest BCUT2D eigenvalue weighted by atomic mass is 32.2. The number of amides is 4. The van der Waals surface area contributed by atoms with Gasteiger partial charge >= 0.3 is 5.97 Å². The van der Waals surface area contributed by atoms with Gasteiger partial charge in [-0.05, 0) is 31.3 Å². The SMILES string of the molecule is CSCCC(N)C(=O)NC(CO)C(=O)NC(CC(N)=O)C(=O)NC(CCCN=C(N)N)C(=O)O. The topological polar surface area (TPSA) is 278 Å². The molecule has 0 aliphatic rings. The monoisotopic (exact) mass is 506 g/mol. The van der Waals surface area contributed by atoms with E-state index in [1.807, 2.05) is 6.26 Å². The van der Waals surface area contributed by atoms with E-state index in [1.54, 1.807) is 0 Å². The van der Waals surface area contributed by atoms with Gasteiger partial charge in [-0.3, -0.25) is 24.2 Å². The number of hydrogen-bond donors (Lipinski definition) is 9. The molecule has 0 saturated heterocycles. The van der Waals surface area contributed by atoms with E-state index in [-0.39, 0.29) is 25.3 Å². The fourth-order valence-electron chi connectivity index (χ4n) is 2.56. The predicted molar refractivity (Wildman–Crippen MR) is 125 cm³/mol. The van der Waals surface area contributed by atoms with Crippen molar-refractivity contribution in [1.29, 1.82) is 0 Å². The smallest absolute Gasteiger partial charge is 0.326 e. The van der Waals surface area contributed by atoms with Gasteiger partial charge in [0.1, 0.15) is 18.1 Å². The Bertz CT molecular complexity index is 748. The first-order chi connectivity index (χ1) is 15.9. The number of carbonyl (C=O) groups is 5. The van der Waals surface area contributed by atoms with Crippen molar-refractivity contribution in [3.05, 3.63) is 0 Å². The second-order valence-electron chi connectivity index (χ2n) is 7.21. The molecule has 194 valence electrons. The third-order valence-electron chi connectivity index (χ3n) is 4.38. The molecule has 4 unspecified atom stereocenters. The van der Waals surface area contributed by atoms with E-state index in [1.165, 1.54) is 11.8 Å². The summed E-state index contributed by atoms with van der Waals surface area (Å²) in [6.07, 6.45) is 1.68. The summed E-state index contributed by atoms with van der Waals surface area (Å²) < 4.78 is 0. The van der Waals surface area contributed by atoms with Crippen LogP contribution in [0.2, 0.25) is 0 Å². The van der Waals surface area contributed by atoms with Crippen LogP contribution in [0.25, 0.3) is 0 Å². The summed E-state index contributed by atoms with van der Waals surface area (Å²) in [6.45, 7) is -0.694. The third-order valence-corrected chi connectivity index (χ3v) is 5.03. The van der Waals surface area contributed by atoms with E-state index in [9.17, 15) is 34.2 Å². The molecule has 0 spiro atoms. The van der Waals surface area contributed by atoms with Gasteiger partial charge in [0.2, 0.25) is 23.6 Å². The first-order valence-corrected chi connectivity index (χ1v) is 11.6. The van der Waals surface area contributed by atoms with Gasteiger partial charge in [0.15, 0.2) is 5.96 Å². The van der Waals surface area contributed by atoms with Crippen LogP contribution in [0.5, 0.6) is 0 Å². The van der Waals surface area contributed by atoms with Crippen molar-refractivity contribution in [2.45, 2.75) is 49.9 Å². The molecule has 0 fully saturated rings. The van der Waals surface area contributed by atoms with Crippen LogP contribution in [-0.4, -0.2) is 95.1 Å².